The minimum Gasteiger partial charge on any atom is -0.234 e. The van der Waals surface area contributed by atoms with E-state index in [-0.39, 0.29) is 0 Å². The Labute approximate surface area is 108 Å². The smallest absolute Gasteiger partial charge is 0.178 e. The number of hydrogen-bond donors (Lipinski definition) is 0. The lowest BCUT2D eigenvalue weighted by Crippen LogP contribution is -2.26. The summed E-state index contributed by atoms with van der Waals surface area (Å²) in [6, 6.07) is 9.95. The van der Waals surface area contributed by atoms with Gasteiger partial charge in [-0.15, -0.1) is 11.3 Å². The van der Waals surface area contributed by atoms with Crippen LogP contribution in [0.5, 0.6) is 0 Å². The van der Waals surface area contributed by atoms with E-state index in [0.29, 0.717) is 5.02 Å². The number of para-hydroxylation sites is 1. The molecule has 17 heavy (non-hydrogen) atoms. The van der Waals surface area contributed by atoms with Crippen molar-refractivity contribution in [2.75, 3.05) is 0 Å². The number of hydrogen-bond acceptors (Lipinski definition) is 2. The summed E-state index contributed by atoms with van der Waals surface area (Å²) < 4.78 is 3.14. The van der Waals surface area contributed by atoms with Crippen LogP contribution in [0.15, 0.2) is 42.7 Å². The number of halogens is 1. The molecule has 2 aromatic heterocycles. The van der Waals surface area contributed by atoms with Crippen LogP contribution in [0.25, 0.3) is 20.8 Å². The number of fused-ring (bicyclic) bond motifs is 1. The van der Waals surface area contributed by atoms with Gasteiger partial charge in [0, 0.05) is 6.07 Å². The summed E-state index contributed by atoms with van der Waals surface area (Å²) in [7, 11) is 2.00. The van der Waals surface area contributed by atoms with Gasteiger partial charge in [0.2, 0.25) is 0 Å². The zero-order chi connectivity index (χ0) is 11.8. The predicted molar refractivity (Wildman–Crippen MR) is 71.2 cm³/mol. The van der Waals surface area contributed by atoms with Crippen LogP contribution in [0.4, 0.5) is 0 Å². The fraction of sp³-hybridized carbons (Fsp3) is 0.0769. The van der Waals surface area contributed by atoms with E-state index in [1.54, 1.807) is 11.3 Å². The number of pyridine rings is 1. The second-order valence-electron chi connectivity index (χ2n) is 3.86. The Morgan fingerprint density at radius 1 is 1.24 bits per heavy atom. The third-order valence-electron chi connectivity index (χ3n) is 2.56. The lowest BCUT2D eigenvalue weighted by atomic mass is 10.3. The van der Waals surface area contributed by atoms with Crippen molar-refractivity contribution in [2.24, 2.45) is 7.05 Å². The highest BCUT2D eigenvalue weighted by Gasteiger charge is 2.10. The van der Waals surface area contributed by atoms with Gasteiger partial charge in [-0.2, -0.15) is 0 Å². The van der Waals surface area contributed by atoms with Crippen molar-refractivity contribution in [3.63, 3.8) is 0 Å². The van der Waals surface area contributed by atoms with Crippen LogP contribution in [0, 0.1) is 0 Å². The van der Waals surface area contributed by atoms with Gasteiger partial charge >= 0.3 is 0 Å². The molecule has 0 amide bonds. The molecule has 4 heteroatoms. The molecule has 0 N–H and O–H groups in total. The van der Waals surface area contributed by atoms with E-state index in [0.717, 1.165) is 20.8 Å². The molecular weight excluding hydrogens is 252 g/mol. The first-order valence-corrected chi connectivity index (χ1v) is 6.44. The van der Waals surface area contributed by atoms with Crippen LogP contribution in [-0.4, -0.2) is 4.98 Å². The molecule has 0 fully saturated rings. The maximum absolute atomic E-state index is 6.13. The van der Waals surface area contributed by atoms with E-state index in [1.165, 1.54) is 0 Å². The number of aromatic nitrogens is 2. The molecule has 0 aliphatic carbocycles. The number of thiazole rings is 1. The molecule has 0 aliphatic rings. The average Bonchev–Trinajstić information content (AvgIpc) is 2.74. The van der Waals surface area contributed by atoms with Crippen LogP contribution < -0.4 is 4.57 Å². The van der Waals surface area contributed by atoms with Crippen LogP contribution in [0.3, 0.4) is 0 Å². The monoisotopic (exact) mass is 261 g/mol. The van der Waals surface area contributed by atoms with Gasteiger partial charge in [-0.25, -0.2) is 9.55 Å². The zero-order valence-corrected chi connectivity index (χ0v) is 10.8. The summed E-state index contributed by atoms with van der Waals surface area (Å²) in [5.41, 5.74) is 2.01. The maximum Gasteiger partial charge on any atom is 0.178 e. The Hall–Kier alpha value is -1.45. The van der Waals surface area contributed by atoms with Crippen LogP contribution in [-0.2, 0) is 7.05 Å². The molecule has 0 unspecified atom stereocenters. The third kappa shape index (κ3) is 1.92. The highest BCUT2D eigenvalue weighted by atomic mass is 35.5. The Morgan fingerprint density at radius 2 is 2.12 bits per heavy atom. The van der Waals surface area contributed by atoms with Gasteiger partial charge in [-0.1, -0.05) is 17.7 Å². The van der Waals surface area contributed by atoms with E-state index in [4.69, 9.17) is 11.6 Å². The highest BCUT2D eigenvalue weighted by molar-refractivity contribution is 7.21. The SMILES string of the molecule is C[n+]1cccc(-c2nc3c(Cl)cccc3s2)c1. The zero-order valence-electron chi connectivity index (χ0n) is 9.22. The van der Waals surface area contributed by atoms with Gasteiger partial charge in [0.05, 0.1) is 15.3 Å². The molecule has 0 radical (unpaired) electrons. The quantitative estimate of drug-likeness (QED) is 0.613. The largest absolute Gasteiger partial charge is 0.234 e. The Balaban J connectivity index is 2.22. The standard InChI is InChI=1S/C13H10ClN2S/c1-16-7-3-4-9(8-16)13-15-12-10(14)5-2-6-11(12)17-13/h2-8H,1H3/q+1. The molecule has 2 heterocycles. The lowest BCUT2D eigenvalue weighted by molar-refractivity contribution is -0.671. The first kappa shape index (κ1) is 10.7. The fourth-order valence-electron chi connectivity index (χ4n) is 1.75. The second-order valence-corrected chi connectivity index (χ2v) is 5.30. The Morgan fingerprint density at radius 3 is 2.88 bits per heavy atom. The van der Waals surface area contributed by atoms with Crippen molar-refractivity contribution in [1.82, 2.24) is 4.98 Å². The van der Waals surface area contributed by atoms with Crippen molar-refractivity contribution in [1.29, 1.82) is 0 Å². The second kappa shape index (κ2) is 4.09. The molecule has 0 spiro atoms. The van der Waals surface area contributed by atoms with Gasteiger partial charge in [-0.3, -0.25) is 0 Å². The molecule has 1 aromatic carbocycles. The Kier molecular flexibility index (Phi) is 2.57. The summed E-state index contributed by atoms with van der Waals surface area (Å²) in [5, 5.41) is 1.72. The predicted octanol–water partition coefficient (Wildman–Crippen LogP) is 3.44. The summed E-state index contributed by atoms with van der Waals surface area (Å²) in [5.74, 6) is 0. The molecule has 3 aromatic rings. The van der Waals surface area contributed by atoms with Crippen molar-refractivity contribution < 1.29 is 4.57 Å². The van der Waals surface area contributed by atoms with Gasteiger partial charge in [0.15, 0.2) is 12.4 Å². The normalized spacial score (nSPS) is 10.9. The first-order valence-electron chi connectivity index (χ1n) is 5.25. The molecule has 0 aliphatic heterocycles. The summed E-state index contributed by atoms with van der Waals surface area (Å²) in [4.78, 5) is 4.60. The van der Waals surface area contributed by atoms with E-state index in [2.05, 4.69) is 17.2 Å². The maximum atomic E-state index is 6.13. The van der Waals surface area contributed by atoms with E-state index < -0.39 is 0 Å². The number of nitrogens with zero attached hydrogens (tertiary/aromatic N) is 2. The summed E-state index contributed by atoms with van der Waals surface area (Å²) >= 11 is 7.79. The van der Waals surface area contributed by atoms with Gasteiger partial charge in [-0.05, 0) is 18.2 Å². The Bertz CT molecular complexity index is 691. The first-order chi connectivity index (χ1) is 8.24. The van der Waals surface area contributed by atoms with E-state index in [9.17, 15) is 0 Å². The fourth-order valence-corrected chi connectivity index (χ4v) is 3.01. The van der Waals surface area contributed by atoms with Crippen molar-refractivity contribution in [3.05, 3.63) is 47.7 Å². The third-order valence-corrected chi connectivity index (χ3v) is 3.93. The number of benzene rings is 1. The van der Waals surface area contributed by atoms with E-state index >= 15 is 0 Å². The van der Waals surface area contributed by atoms with Gasteiger partial charge in [0.25, 0.3) is 0 Å². The van der Waals surface area contributed by atoms with E-state index in [1.807, 2.05) is 42.1 Å². The van der Waals surface area contributed by atoms with Gasteiger partial charge in [0.1, 0.15) is 17.6 Å². The van der Waals surface area contributed by atoms with Crippen LogP contribution >= 0.6 is 22.9 Å². The minimum absolute atomic E-state index is 0.713. The molecule has 3 rings (SSSR count). The number of rotatable bonds is 1. The van der Waals surface area contributed by atoms with Crippen LogP contribution in [0.1, 0.15) is 0 Å². The summed E-state index contributed by atoms with van der Waals surface area (Å²) in [6.07, 6.45) is 4.06. The van der Waals surface area contributed by atoms with Gasteiger partial charge < -0.3 is 0 Å². The molecule has 84 valence electrons. The topological polar surface area (TPSA) is 16.8 Å². The molecule has 0 saturated heterocycles. The molecule has 0 saturated carbocycles. The minimum atomic E-state index is 0.713. The molecule has 2 nitrogen and oxygen atoms in total. The average molecular weight is 262 g/mol. The summed E-state index contributed by atoms with van der Waals surface area (Å²) in [6.45, 7) is 0. The van der Waals surface area contributed by atoms with Crippen LogP contribution in [0.2, 0.25) is 5.02 Å². The molecule has 0 atom stereocenters. The number of aryl methyl sites for hydroxylation is 1. The van der Waals surface area contributed by atoms with Crippen molar-refractivity contribution >= 4 is 33.2 Å². The molecule has 0 bridgehead atoms. The van der Waals surface area contributed by atoms with Crippen molar-refractivity contribution in [2.45, 2.75) is 0 Å². The van der Waals surface area contributed by atoms with Crippen molar-refractivity contribution in [3.8, 4) is 10.6 Å². The molecular formula is C13H10ClN2S+. The highest BCUT2D eigenvalue weighted by Crippen LogP contribution is 2.32. The lowest BCUT2D eigenvalue weighted by Gasteiger charge is -1.92.